The van der Waals surface area contributed by atoms with E-state index in [1.165, 1.54) is 83.0 Å². The molecule has 1 heteroatoms. The molecule has 0 aliphatic heterocycles. The Morgan fingerprint density at radius 3 is 1.44 bits per heavy atom. The molecule has 0 saturated heterocycles. The Kier molecular flexibility index (Phi) is 7.55. The summed E-state index contributed by atoms with van der Waals surface area (Å²) < 4.78 is 0. The van der Waals surface area contributed by atoms with Crippen molar-refractivity contribution in [3.05, 3.63) is 126 Å². The summed E-state index contributed by atoms with van der Waals surface area (Å²) in [6, 6.07) is 39.2. The van der Waals surface area contributed by atoms with Gasteiger partial charge in [0.25, 0.3) is 0 Å². The van der Waals surface area contributed by atoms with Gasteiger partial charge in [-0.05, 0) is 147 Å². The van der Waals surface area contributed by atoms with Crippen LogP contribution >= 0.6 is 0 Å². The molecule has 5 aromatic rings. The van der Waals surface area contributed by atoms with Crippen molar-refractivity contribution in [3.8, 4) is 44.6 Å². The van der Waals surface area contributed by atoms with Gasteiger partial charge in [0.1, 0.15) is 0 Å². The fourth-order valence-electron chi connectivity index (χ4n) is 10.2. The number of benzene rings is 4. The molecule has 4 aromatic carbocycles. The van der Waals surface area contributed by atoms with Gasteiger partial charge in [-0.25, -0.2) is 0 Å². The zero-order valence-corrected chi connectivity index (χ0v) is 29.8. The average Bonchev–Trinajstić information content (AvgIpc) is 3.07. The van der Waals surface area contributed by atoms with Crippen molar-refractivity contribution in [2.24, 2.45) is 17.8 Å². The number of aromatic nitrogens is 1. The summed E-state index contributed by atoms with van der Waals surface area (Å²) in [5.74, 6) is 2.68. The summed E-state index contributed by atoms with van der Waals surface area (Å²) in [6.07, 6.45) is 10.3. The lowest BCUT2D eigenvalue weighted by Crippen LogP contribution is -2.48. The first-order chi connectivity index (χ1) is 23.0. The molecule has 4 saturated carbocycles. The fraction of sp³-hybridized carbons (Fsp3) is 0.383. The lowest BCUT2D eigenvalue weighted by atomic mass is 9.48. The number of rotatable bonds is 5. The van der Waals surface area contributed by atoms with Crippen molar-refractivity contribution in [1.82, 2.24) is 4.98 Å². The fourth-order valence-corrected chi connectivity index (χ4v) is 10.2. The van der Waals surface area contributed by atoms with Gasteiger partial charge in [-0.2, -0.15) is 0 Å². The van der Waals surface area contributed by atoms with Crippen molar-refractivity contribution in [3.63, 3.8) is 0 Å². The SMILES string of the molecule is CC(C)(C)c1ccccc1-c1cc(C23CC4CC(CC(C4)C2)C3)cc(-c2ccccc2C(C)(C)C)c1-c1ccc(-c2ccccn2)cc1. The van der Waals surface area contributed by atoms with E-state index in [1.807, 2.05) is 12.3 Å². The van der Waals surface area contributed by atoms with E-state index in [-0.39, 0.29) is 16.2 Å². The van der Waals surface area contributed by atoms with E-state index >= 15 is 0 Å². The van der Waals surface area contributed by atoms with Gasteiger partial charge >= 0.3 is 0 Å². The molecule has 0 unspecified atom stereocenters. The van der Waals surface area contributed by atoms with Crippen LogP contribution in [0.3, 0.4) is 0 Å². The number of hydrogen-bond acceptors (Lipinski definition) is 1. The van der Waals surface area contributed by atoms with Gasteiger partial charge in [0.05, 0.1) is 5.69 Å². The van der Waals surface area contributed by atoms with Gasteiger partial charge in [0.15, 0.2) is 0 Å². The highest BCUT2D eigenvalue weighted by molar-refractivity contribution is 5.97. The van der Waals surface area contributed by atoms with Crippen LogP contribution in [0.25, 0.3) is 44.6 Å². The van der Waals surface area contributed by atoms with E-state index in [4.69, 9.17) is 0 Å². The van der Waals surface area contributed by atoms with Crippen molar-refractivity contribution < 1.29 is 0 Å². The molecule has 48 heavy (non-hydrogen) atoms. The quantitative estimate of drug-likeness (QED) is 0.188. The predicted molar refractivity (Wildman–Crippen MR) is 203 cm³/mol. The average molecular weight is 630 g/mol. The van der Waals surface area contributed by atoms with Crippen molar-refractivity contribution >= 4 is 0 Å². The minimum absolute atomic E-state index is 0.0108. The molecule has 1 nitrogen and oxygen atoms in total. The Morgan fingerprint density at radius 2 is 0.979 bits per heavy atom. The monoisotopic (exact) mass is 629 g/mol. The first-order valence-corrected chi connectivity index (χ1v) is 18.4. The van der Waals surface area contributed by atoms with E-state index in [1.54, 1.807) is 5.56 Å². The molecule has 0 radical (unpaired) electrons. The maximum atomic E-state index is 4.66. The second kappa shape index (κ2) is 11.6. The number of nitrogens with zero attached hydrogens (tertiary/aromatic N) is 1. The largest absolute Gasteiger partial charge is 0.256 e. The molecule has 0 N–H and O–H groups in total. The molecule has 4 aliphatic rings. The summed E-state index contributed by atoms with van der Waals surface area (Å²) in [5.41, 5.74) is 15.0. The molecule has 1 heterocycles. The summed E-state index contributed by atoms with van der Waals surface area (Å²) in [5, 5.41) is 0. The van der Waals surface area contributed by atoms with E-state index < -0.39 is 0 Å². The van der Waals surface area contributed by atoms with Crippen LogP contribution in [0.15, 0.2) is 109 Å². The second-order valence-corrected chi connectivity index (χ2v) is 17.5. The molecular weight excluding hydrogens is 579 g/mol. The summed E-state index contributed by atoms with van der Waals surface area (Å²) >= 11 is 0. The van der Waals surface area contributed by atoms with Crippen molar-refractivity contribution in [2.45, 2.75) is 96.3 Å². The van der Waals surface area contributed by atoms with Crippen LogP contribution in [-0.4, -0.2) is 4.98 Å². The summed E-state index contributed by atoms with van der Waals surface area (Å²) in [7, 11) is 0. The summed E-state index contributed by atoms with van der Waals surface area (Å²) in [6.45, 7) is 14.2. The molecule has 244 valence electrons. The highest BCUT2D eigenvalue weighted by atomic mass is 14.7. The Hall–Kier alpha value is -3.97. The van der Waals surface area contributed by atoms with E-state index in [2.05, 4.69) is 144 Å². The zero-order valence-electron chi connectivity index (χ0n) is 29.8. The van der Waals surface area contributed by atoms with Crippen LogP contribution < -0.4 is 0 Å². The lowest BCUT2D eigenvalue weighted by Gasteiger charge is -2.57. The highest BCUT2D eigenvalue weighted by Gasteiger charge is 2.52. The van der Waals surface area contributed by atoms with Crippen LogP contribution in [0.4, 0.5) is 0 Å². The summed E-state index contributed by atoms with van der Waals surface area (Å²) in [4.78, 5) is 4.66. The third-order valence-corrected chi connectivity index (χ3v) is 12.0. The maximum Gasteiger partial charge on any atom is 0.0701 e. The van der Waals surface area contributed by atoms with Crippen LogP contribution in [0.2, 0.25) is 0 Å². The highest BCUT2D eigenvalue weighted by Crippen LogP contribution is 2.62. The smallest absolute Gasteiger partial charge is 0.0701 e. The Bertz CT molecular complexity index is 1830. The second-order valence-electron chi connectivity index (χ2n) is 17.5. The molecule has 9 rings (SSSR count). The van der Waals surface area contributed by atoms with Gasteiger partial charge in [-0.1, -0.05) is 120 Å². The molecule has 4 bridgehead atoms. The van der Waals surface area contributed by atoms with Crippen molar-refractivity contribution in [1.29, 1.82) is 0 Å². The first kappa shape index (κ1) is 31.3. The van der Waals surface area contributed by atoms with Crippen molar-refractivity contribution in [2.75, 3.05) is 0 Å². The van der Waals surface area contributed by atoms with Crippen LogP contribution in [0.5, 0.6) is 0 Å². The number of hydrogen-bond donors (Lipinski definition) is 0. The normalized spacial score (nSPS) is 23.4. The predicted octanol–water partition coefficient (Wildman–Crippen LogP) is 12.8. The van der Waals surface area contributed by atoms with Crippen LogP contribution in [0, 0.1) is 17.8 Å². The Morgan fingerprint density at radius 1 is 0.521 bits per heavy atom. The third kappa shape index (κ3) is 5.54. The topological polar surface area (TPSA) is 12.9 Å². The zero-order chi connectivity index (χ0) is 33.3. The Labute approximate surface area is 288 Å². The molecule has 1 aromatic heterocycles. The Balaban J connectivity index is 1.45. The molecule has 4 fully saturated rings. The van der Waals surface area contributed by atoms with E-state index in [0.717, 1.165) is 29.0 Å². The van der Waals surface area contributed by atoms with E-state index in [9.17, 15) is 0 Å². The molecule has 0 atom stereocenters. The molecular formula is C47H51N. The standard InChI is InChI=1S/C47H51N/c1-45(2,3)41-15-9-7-13-37(41)39-26-36(47-28-31-23-32(29-47)25-33(24-31)30-47)27-40(38-14-8-10-16-42(38)46(4,5)6)44(39)35-20-18-34(19-21-35)43-17-11-12-22-48-43/h7-22,26-27,31-33H,23-25,28-30H2,1-6H3. The first-order valence-electron chi connectivity index (χ1n) is 18.4. The van der Waals surface area contributed by atoms with Gasteiger partial charge in [0.2, 0.25) is 0 Å². The lowest BCUT2D eigenvalue weighted by molar-refractivity contribution is -0.00514. The minimum Gasteiger partial charge on any atom is -0.256 e. The third-order valence-electron chi connectivity index (χ3n) is 12.0. The molecule has 0 amide bonds. The van der Waals surface area contributed by atoms with E-state index in [0.29, 0.717) is 0 Å². The van der Waals surface area contributed by atoms with Crippen LogP contribution in [-0.2, 0) is 16.2 Å². The van der Waals surface area contributed by atoms with Gasteiger partial charge in [-0.3, -0.25) is 4.98 Å². The molecule has 4 aliphatic carbocycles. The van der Waals surface area contributed by atoms with Gasteiger partial charge in [-0.15, -0.1) is 0 Å². The maximum absolute atomic E-state index is 4.66. The number of pyridine rings is 1. The van der Waals surface area contributed by atoms with Gasteiger partial charge < -0.3 is 0 Å². The van der Waals surface area contributed by atoms with Gasteiger partial charge in [0, 0.05) is 11.8 Å². The minimum atomic E-state index is 0.0108. The molecule has 0 spiro atoms. The van der Waals surface area contributed by atoms with Crippen LogP contribution in [0.1, 0.15) is 96.8 Å².